The number of Topliss-reactive ketones (excluding diaryl/α,β-unsaturated/α-hetero) is 2. The summed E-state index contributed by atoms with van der Waals surface area (Å²) in [7, 11) is 0. The number of para-hydroxylation sites is 2. The number of anilines is 2. The van der Waals surface area contributed by atoms with E-state index in [2.05, 4.69) is 0 Å². The van der Waals surface area contributed by atoms with Crippen LogP contribution in [0.4, 0.5) is 29.7 Å². The van der Waals surface area contributed by atoms with Gasteiger partial charge in [0.15, 0.2) is 11.6 Å². The lowest BCUT2D eigenvalue weighted by molar-refractivity contribution is -0.131. The standard InChI is InChI=1S/C22H24F2N2O4.C20H24N2O3/c1-22(2,3)30-21(29)26(17-7-5-4-6-8-17)14-15-9-11-16(12-10-15)18(27)13-25-20(28)19(23)24;1-20(2,3)25-19(24)22(17-7-5-4-6-8-17)14-15-9-11-16(12-10-15)18(23)13-21/h4-12,19H,13-14H2,1-3H3,(H,25,28);4-12H,13-14,21H2,1-3H3. The Morgan fingerprint density at radius 1 is 0.600 bits per heavy atom. The Morgan fingerprint density at radius 2 is 0.964 bits per heavy atom. The maximum atomic E-state index is 12.7. The molecule has 0 aromatic heterocycles. The number of carbonyl (C=O) groups is 5. The maximum absolute atomic E-state index is 12.7. The van der Waals surface area contributed by atoms with E-state index in [1.807, 2.05) is 86.8 Å². The zero-order chi connectivity index (χ0) is 40.8. The van der Waals surface area contributed by atoms with Crippen molar-refractivity contribution in [3.8, 4) is 0 Å². The average molecular weight is 759 g/mol. The molecular formula is C42H48F2N4O7. The highest BCUT2D eigenvalue weighted by atomic mass is 19.3. The normalized spacial score (nSPS) is 11.1. The summed E-state index contributed by atoms with van der Waals surface area (Å²) < 4.78 is 35.4. The number of hydrogen-bond acceptors (Lipinski definition) is 8. The zero-order valence-corrected chi connectivity index (χ0v) is 31.9. The third-order valence-electron chi connectivity index (χ3n) is 7.40. The first-order valence-electron chi connectivity index (χ1n) is 17.5. The van der Waals surface area contributed by atoms with Crippen molar-refractivity contribution in [3.05, 3.63) is 131 Å². The minimum atomic E-state index is -3.17. The molecular weight excluding hydrogens is 710 g/mol. The predicted octanol–water partition coefficient (Wildman–Crippen LogP) is 7.96. The van der Waals surface area contributed by atoms with E-state index in [0.717, 1.165) is 16.8 Å². The van der Waals surface area contributed by atoms with Crippen molar-refractivity contribution in [1.82, 2.24) is 5.32 Å². The summed E-state index contributed by atoms with van der Waals surface area (Å²) in [5.74, 6) is -2.10. The Labute approximate surface area is 320 Å². The largest absolute Gasteiger partial charge is 0.443 e. The summed E-state index contributed by atoms with van der Waals surface area (Å²) in [5, 5.41) is 1.88. The molecule has 4 aromatic rings. The van der Waals surface area contributed by atoms with Crippen molar-refractivity contribution in [1.29, 1.82) is 0 Å². The molecule has 13 heteroatoms. The lowest BCUT2D eigenvalue weighted by atomic mass is 10.1. The molecule has 0 radical (unpaired) electrons. The summed E-state index contributed by atoms with van der Waals surface area (Å²) in [6.07, 6.45) is -4.10. The molecule has 0 unspecified atom stereocenters. The first kappa shape index (κ1) is 43.5. The SMILES string of the molecule is CC(C)(C)OC(=O)N(Cc1ccc(C(=O)CN)cc1)c1ccccc1.CC(C)(C)OC(=O)N(Cc1ccc(C(=O)CNC(=O)C(F)F)cc1)c1ccccc1. The summed E-state index contributed by atoms with van der Waals surface area (Å²) in [5.41, 5.74) is 7.99. The quantitative estimate of drug-likeness (QED) is 0.138. The molecule has 0 spiro atoms. The van der Waals surface area contributed by atoms with Gasteiger partial charge < -0.3 is 20.5 Å². The van der Waals surface area contributed by atoms with Gasteiger partial charge in [-0.15, -0.1) is 0 Å². The maximum Gasteiger partial charge on any atom is 0.415 e. The fourth-order valence-electron chi connectivity index (χ4n) is 4.79. The Morgan fingerprint density at radius 3 is 1.29 bits per heavy atom. The van der Waals surface area contributed by atoms with Crippen molar-refractivity contribution < 1.29 is 42.2 Å². The summed E-state index contributed by atoms with van der Waals surface area (Å²) in [6.45, 7) is 10.9. The third kappa shape index (κ3) is 14.8. The van der Waals surface area contributed by atoms with Gasteiger partial charge in [0.05, 0.1) is 26.2 Å². The Hall–Kier alpha value is -5.95. The van der Waals surface area contributed by atoms with E-state index in [9.17, 15) is 32.8 Å². The number of rotatable bonds is 12. The number of amides is 3. The molecule has 11 nitrogen and oxygen atoms in total. The summed E-state index contributed by atoms with van der Waals surface area (Å²) in [6, 6.07) is 31.8. The van der Waals surface area contributed by atoms with E-state index in [1.54, 1.807) is 62.1 Å². The van der Waals surface area contributed by atoms with Gasteiger partial charge in [-0.25, -0.2) is 9.59 Å². The van der Waals surface area contributed by atoms with Crippen LogP contribution in [0.1, 0.15) is 73.4 Å². The number of nitrogens with two attached hydrogens (primary N) is 1. The Bertz CT molecular complexity index is 1880. The van der Waals surface area contributed by atoms with Crippen LogP contribution in [0.25, 0.3) is 0 Å². The number of hydrogen-bond donors (Lipinski definition) is 2. The number of ether oxygens (including phenoxy) is 2. The second kappa shape index (κ2) is 19.9. The monoisotopic (exact) mass is 758 g/mol. The van der Waals surface area contributed by atoms with Gasteiger partial charge in [-0.2, -0.15) is 8.78 Å². The van der Waals surface area contributed by atoms with Gasteiger partial charge in [0.2, 0.25) is 0 Å². The number of nitrogens with one attached hydrogen (secondary N) is 1. The zero-order valence-electron chi connectivity index (χ0n) is 31.9. The smallest absolute Gasteiger partial charge is 0.415 e. The van der Waals surface area contributed by atoms with Crippen LogP contribution in [-0.4, -0.2) is 60.4 Å². The first-order valence-corrected chi connectivity index (χ1v) is 17.5. The lowest BCUT2D eigenvalue weighted by Crippen LogP contribution is -2.36. The molecule has 0 aliphatic heterocycles. The number of halogens is 2. The number of carbonyl (C=O) groups excluding carboxylic acids is 5. The Balaban J connectivity index is 0.000000300. The molecule has 0 heterocycles. The highest BCUT2D eigenvalue weighted by Crippen LogP contribution is 2.23. The predicted molar refractivity (Wildman–Crippen MR) is 207 cm³/mol. The molecule has 4 rings (SSSR count). The van der Waals surface area contributed by atoms with Crippen molar-refractivity contribution in [2.24, 2.45) is 5.73 Å². The molecule has 4 aromatic carbocycles. The van der Waals surface area contributed by atoms with Gasteiger partial charge in [0.1, 0.15) is 11.2 Å². The van der Waals surface area contributed by atoms with Gasteiger partial charge in [-0.05, 0) is 76.9 Å². The topological polar surface area (TPSA) is 148 Å². The second-order valence-corrected chi connectivity index (χ2v) is 14.3. The molecule has 0 aliphatic rings. The van der Waals surface area contributed by atoms with E-state index in [-0.39, 0.29) is 24.4 Å². The van der Waals surface area contributed by atoms with Gasteiger partial charge in [0.25, 0.3) is 5.91 Å². The van der Waals surface area contributed by atoms with E-state index >= 15 is 0 Å². The van der Waals surface area contributed by atoms with Crippen LogP contribution >= 0.6 is 0 Å². The molecule has 292 valence electrons. The van der Waals surface area contributed by atoms with Crippen LogP contribution in [-0.2, 0) is 27.4 Å². The van der Waals surface area contributed by atoms with E-state index in [1.165, 1.54) is 17.0 Å². The number of alkyl halides is 2. The van der Waals surface area contributed by atoms with Crippen LogP contribution in [0.5, 0.6) is 0 Å². The molecule has 0 saturated heterocycles. The second-order valence-electron chi connectivity index (χ2n) is 14.3. The molecule has 55 heavy (non-hydrogen) atoms. The minimum absolute atomic E-state index is 0.0204. The molecule has 3 amide bonds. The van der Waals surface area contributed by atoms with E-state index in [4.69, 9.17) is 15.2 Å². The Kier molecular flexibility index (Phi) is 15.7. The van der Waals surface area contributed by atoms with Crippen molar-refractivity contribution in [3.63, 3.8) is 0 Å². The average Bonchev–Trinajstić information content (AvgIpc) is 3.14. The van der Waals surface area contributed by atoms with Crippen molar-refractivity contribution in [2.45, 2.75) is 72.3 Å². The van der Waals surface area contributed by atoms with Crippen LogP contribution in [0.2, 0.25) is 0 Å². The molecule has 0 aliphatic carbocycles. The molecule has 0 saturated carbocycles. The van der Waals surface area contributed by atoms with Gasteiger partial charge in [-0.1, -0.05) is 84.9 Å². The fraction of sp³-hybridized carbons (Fsp3) is 0.310. The minimum Gasteiger partial charge on any atom is -0.443 e. The number of benzene rings is 4. The first-order chi connectivity index (χ1) is 25.9. The number of ketones is 2. The molecule has 0 fully saturated rings. The number of nitrogens with zero attached hydrogens (tertiary/aromatic N) is 2. The van der Waals surface area contributed by atoms with Crippen LogP contribution < -0.4 is 20.9 Å². The van der Waals surface area contributed by atoms with E-state index < -0.39 is 48.0 Å². The molecule has 3 N–H and O–H groups in total. The van der Waals surface area contributed by atoms with Crippen molar-refractivity contribution >= 4 is 41.0 Å². The van der Waals surface area contributed by atoms with Gasteiger partial charge in [0, 0.05) is 22.5 Å². The van der Waals surface area contributed by atoms with Crippen LogP contribution in [0.3, 0.4) is 0 Å². The summed E-state index contributed by atoms with van der Waals surface area (Å²) >= 11 is 0. The highest BCUT2D eigenvalue weighted by Gasteiger charge is 2.25. The van der Waals surface area contributed by atoms with Crippen LogP contribution in [0, 0.1) is 0 Å². The highest BCUT2D eigenvalue weighted by molar-refractivity contribution is 5.99. The fourth-order valence-corrected chi connectivity index (χ4v) is 4.79. The van der Waals surface area contributed by atoms with Crippen molar-refractivity contribution in [2.75, 3.05) is 22.9 Å². The molecule has 0 atom stereocenters. The summed E-state index contributed by atoms with van der Waals surface area (Å²) in [4.78, 5) is 62.9. The van der Waals surface area contributed by atoms with Gasteiger partial charge >= 0.3 is 18.6 Å². The van der Waals surface area contributed by atoms with E-state index in [0.29, 0.717) is 17.8 Å². The third-order valence-corrected chi connectivity index (χ3v) is 7.40. The lowest BCUT2D eigenvalue weighted by Gasteiger charge is -2.27. The molecule has 0 bridgehead atoms. The van der Waals surface area contributed by atoms with Gasteiger partial charge in [-0.3, -0.25) is 24.2 Å². The van der Waals surface area contributed by atoms with Crippen LogP contribution in [0.15, 0.2) is 109 Å².